The van der Waals surface area contributed by atoms with Crippen LogP contribution >= 0.6 is 0 Å². The van der Waals surface area contributed by atoms with Crippen LogP contribution in [0, 0.1) is 0 Å². The van der Waals surface area contributed by atoms with E-state index in [1.54, 1.807) is 0 Å². The van der Waals surface area contributed by atoms with Gasteiger partial charge in [0.2, 0.25) is 0 Å². The van der Waals surface area contributed by atoms with E-state index in [4.69, 9.17) is 9.47 Å². The standard InChI is InChI=1S/C85H52N4O2/c1-3-21-57(22-4-1)86-71-33-13-7-25-59(71)63-49-53(41-45-75(63)86)55-43-47-77-65(51-55)61-27-9-15-35-73(61)88(77)79-37-19-31-69-83(79)90-81-39-17-11-29-67(81)85(69)68-30-12-18-40-82(68)91-84-70(85)32-20-38-80(84)89-74-36-16-10-28-62(74)66-52-56(44-48-78(66)89)54-42-46-76-64(50-54)60-26-8-14-34-72(60)87(76)58-23-5-2-6-24-58/h1-52H. The smallest absolute Gasteiger partial charge is 0.156 e. The summed E-state index contributed by atoms with van der Waals surface area (Å²) < 4.78 is 24.5. The predicted molar refractivity (Wildman–Crippen MR) is 373 cm³/mol. The van der Waals surface area contributed by atoms with E-state index in [9.17, 15) is 0 Å². The highest BCUT2D eigenvalue weighted by Crippen LogP contribution is 2.63. The molecule has 4 aromatic heterocycles. The second-order valence-electron chi connectivity index (χ2n) is 24.3. The number of aromatic nitrogens is 4. The van der Waals surface area contributed by atoms with Gasteiger partial charge in [-0.15, -0.1) is 0 Å². The topological polar surface area (TPSA) is 38.2 Å². The summed E-state index contributed by atoms with van der Waals surface area (Å²) in [4.78, 5) is 0. The van der Waals surface area contributed by atoms with Crippen molar-refractivity contribution in [2.75, 3.05) is 0 Å². The van der Waals surface area contributed by atoms with E-state index >= 15 is 0 Å². The maximum atomic E-state index is 7.45. The Labute approximate surface area is 523 Å². The molecule has 0 saturated heterocycles. The summed E-state index contributed by atoms with van der Waals surface area (Å²) in [6, 6.07) is 115. The molecule has 14 aromatic carbocycles. The number of hydrogen-bond donors (Lipinski definition) is 0. The van der Waals surface area contributed by atoms with Crippen molar-refractivity contribution in [1.29, 1.82) is 0 Å². The molecule has 424 valence electrons. The number of hydrogen-bond acceptors (Lipinski definition) is 2. The summed E-state index contributed by atoms with van der Waals surface area (Å²) in [5.41, 5.74) is 21.3. The van der Waals surface area contributed by atoms with Crippen molar-refractivity contribution >= 4 is 87.2 Å². The molecule has 0 amide bonds. The molecule has 0 aliphatic carbocycles. The highest BCUT2D eigenvalue weighted by molar-refractivity contribution is 6.15. The van der Waals surface area contributed by atoms with Gasteiger partial charge in [0.1, 0.15) is 11.5 Å². The summed E-state index contributed by atoms with van der Waals surface area (Å²) in [7, 11) is 0. The van der Waals surface area contributed by atoms with E-state index in [-0.39, 0.29) is 0 Å². The van der Waals surface area contributed by atoms with E-state index in [2.05, 4.69) is 334 Å². The Morgan fingerprint density at radius 3 is 0.868 bits per heavy atom. The van der Waals surface area contributed by atoms with Crippen LogP contribution in [0.1, 0.15) is 22.3 Å². The Bertz CT molecular complexity index is 5730. The van der Waals surface area contributed by atoms with Gasteiger partial charge in [0.25, 0.3) is 0 Å². The summed E-state index contributed by atoms with van der Waals surface area (Å²) in [6.07, 6.45) is 0. The quantitative estimate of drug-likeness (QED) is 0.166. The highest BCUT2D eigenvalue weighted by atomic mass is 16.5. The van der Waals surface area contributed by atoms with Crippen LogP contribution in [0.2, 0.25) is 0 Å². The third-order valence-electron chi connectivity index (χ3n) is 19.7. The van der Waals surface area contributed by atoms with Crippen molar-refractivity contribution in [2.24, 2.45) is 0 Å². The van der Waals surface area contributed by atoms with Gasteiger partial charge in [-0.3, -0.25) is 0 Å². The monoisotopic (exact) mass is 1160 g/mol. The van der Waals surface area contributed by atoms with Crippen LogP contribution in [-0.2, 0) is 5.41 Å². The van der Waals surface area contributed by atoms with Crippen LogP contribution in [0.4, 0.5) is 0 Å². The van der Waals surface area contributed by atoms with Crippen molar-refractivity contribution in [3.8, 4) is 68.0 Å². The average Bonchev–Trinajstić information content (AvgIpc) is 1.73. The Kier molecular flexibility index (Phi) is 10.4. The van der Waals surface area contributed by atoms with Crippen LogP contribution < -0.4 is 9.47 Å². The zero-order chi connectivity index (χ0) is 59.5. The number of nitrogens with zero attached hydrogens (tertiary/aromatic N) is 4. The molecule has 0 N–H and O–H groups in total. The van der Waals surface area contributed by atoms with Crippen molar-refractivity contribution in [2.45, 2.75) is 5.41 Å². The molecule has 0 bridgehead atoms. The van der Waals surface area contributed by atoms with E-state index in [1.165, 1.54) is 76.3 Å². The molecular formula is C85H52N4O2. The third kappa shape index (κ3) is 6.96. The number of para-hydroxylation sites is 10. The van der Waals surface area contributed by atoms with Gasteiger partial charge < -0.3 is 27.7 Å². The van der Waals surface area contributed by atoms with Gasteiger partial charge in [-0.2, -0.15) is 0 Å². The van der Waals surface area contributed by atoms with Crippen LogP contribution in [-0.4, -0.2) is 18.3 Å². The van der Waals surface area contributed by atoms with Crippen molar-refractivity contribution < 1.29 is 9.47 Å². The molecule has 91 heavy (non-hydrogen) atoms. The molecule has 2 aliphatic heterocycles. The minimum Gasteiger partial charge on any atom is -0.454 e. The van der Waals surface area contributed by atoms with Gasteiger partial charge in [0.15, 0.2) is 11.5 Å². The molecule has 1 spiro atoms. The zero-order valence-corrected chi connectivity index (χ0v) is 49.1. The molecule has 20 rings (SSSR count). The van der Waals surface area contributed by atoms with Crippen LogP contribution in [0.15, 0.2) is 315 Å². The first-order valence-electron chi connectivity index (χ1n) is 31.2. The first kappa shape index (κ1) is 49.9. The molecule has 0 saturated carbocycles. The maximum Gasteiger partial charge on any atom is 0.156 e. The van der Waals surface area contributed by atoms with Gasteiger partial charge in [0, 0.05) is 76.7 Å². The predicted octanol–water partition coefficient (Wildman–Crippen LogP) is 22.0. The lowest BCUT2D eigenvalue weighted by Crippen LogP contribution is -2.37. The summed E-state index contributed by atoms with van der Waals surface area (Å²) in [5, 5.41) is 9.59. The Morgan fingerprint density at radius 1 is 0.209 bits per heavy atom. The van der Waals surface area contributed by atoms with Crippen LogP contribution in [0.3, 0.4) is 0 Å². The summed E-state index contributed by atoms with van der Waals surface area (Å²) >= 11 is 0. The number of ether oxygens (including phenoxy) is 2. The number of rotatable bonds is 6. The molecule has 0 fully saturated rings. The van der Waals surface area contributed by atoms with Crippen LogP contribution in [0.25, 0.3) is 132 Å². The molecule has 0 radical (unpaired) electrons. The highest BCUT2D eigenvalue weighted by Gasteiger charge is 2.52. The number of fused-ring (bicyclic) bond motifs is 20. The first-order chi connectivity index (χ1) is 45.2. The van der Waals surface area contributed by atoms with E-state index in [1.807, 2.05) is 0 Å². The minimum absolute atomic E-state index is 0.799. The Hall–Kier alpha value is -12.1. The molecule has 6 heterocycles. The van der Waals surface area contributed by atoms with Gasteiger partial charge >= 0.3 is 0 Å². The largest absolute Gasteiger partial charge is 0.454 e. The molecule has 2 aliphatic rings. The van der Waals surface area contributed by atoms with Crippen LogP contribution in [0.5, 0.6) is 23.0 Å². The van der Waals surface area contributed by atoms with E-state index < -0.39 is 5.41 Å². The number of benzene rings is 14. The summed E-state index contributed by atoms with van der Waals surface area (Å²) in [6.45, 7) is 0. The third-order valence-corrected chi connectivity index (χ3v) is 19.7. The normalized spacial score (nSPS) is 13.1. The fourth-order valence-electron chi connectivity index (χ4n) is 15.9. The molecule has 18 aromatic rings. The second kappa shape index (κ2) is 18.9. The lowest BCUT2D eigenvalue weighted by Gasteiger charge is -2.45. The van der Waals surface area contributed by atoms with Gasteiger partial charge in [0.05, 0.1) is 60.9 Å². The lowest BCUT2D eigenvalue weighted by molar-refractivity contribution is 0.398. The van der Waals surface area contributed by atoms with Crippen molar-refractivity contribution in [3.05, 3.63) is 338 Å². The minimum atomic E-state index is -0.872. The fourth-order valence-corrected chi connectivity index (χ4v) is 15.9. The SMILES string of the molecule is c1ccc(-n2c3ccccc3c3cc(-c4ccc5c(c4)c4ccccc4n5-c4cccc5c4Oc4ccccc4C54c5ccccc5Oc5c(-n6c7ccccc7c7cc(-c8ccc9c(c8)c8ccccc8n9-c8ccccc8)ccc76)cccc54)ccc32)cc1. The van der Waals surface area contributed by atoms with E-state index in [0.717, 1.165) is 101 Å². The molecule has 0 unspecified atom stereocenters. The Balaban J connectivity index is 0.762. The average molecular weight is 1160 g/mol. The van der Waals surface area contributed by atoms with Crippen molar-refractivity contribution in [1.82, 2.24) is 18.3 Å². The molecule has 0 atom stereocenters. The Morgan fingerprint density at radius 2 is 0.495 bits per heavy atom. The maximum absolute atomic E-state index is 7.45. The lowest BCUT2D eigenvalue weighted by atomic mass is 9.62. The van der Waals surface area contributed by atoms with Crippen molar-refractivity contribution in [3.63, 3.8) is 0 Å². The second-order valence-corrected chi connectivity index (χ2v) is 24.3. The first-order valence-corrected chi connectivity index (χ1v) is 31.2. The molecular weight excluding hydrogens is 1110 g/mol. The fraction of sp³-hybridized carbons (Fsp3) is 0.0118. The van der Waals surface area contributed by atoms with Gasteiger partial charge in [-0.25, -0.2) is 0 Å². The summed E-state index contributed by atoms with van der Waals surface area (Å²) in [5.74, 6) is 3.20. The van der Waals surface area contributed by atoms with Gasteiger partial charge in [-0.1, -0.05) is 194 Å². The van der Waals surface area contributed by atoms with E-state index in [0.29, 0.717) is 0 Å². The zero-order valence-electron chi connectivity index (χ0n) is 49.1. The molecule has 6 nitrogen and oxygen atoms in total. The van der Waals surface area contributed by atoms with Gasteiger partial charge in [-0.05, 0) is 144 Å². The molecule has 6 heteroatoms.